The van der Waals surface area contributed by atoms with E-state index in [4.69, 9.17) is 29.7 Å². The predicted molar refractivity (Wildman–Crippen MR) is 212 cm³/mol. The van der Waals surface area contributed by atoms with Gasteiger partial charge in [-0.05, 0) is 52.6 Å². The highest BCUT2D eigenvalue weighted by Gasteiger charge is 2.51. The molecule has 0 saturated heterocycles. The molecule has 1 aliphatic carbocycles. The van der Waals surface area contributed by atoms with E-state index in [2.05, 4.69) is 72.8 Å². The number of fused-ring (bicyclic) bond motifs is 10. The third-order valence-corrected chi connectivity index (χ3v) is 10.6. The minimum absolute atomic E-state index is 0.607. The quantitative estimate of drug-likeness (QED) is 0.183. The van der Waals surface area contributed by atoms with Gasteiger partial charge in [-0.25, -0.2) is 24.9 Å². The lowest BCUT2D eigenvalue weighted by atomic mass is 9.66. The lowest BCUT2D eigenvalue weighted by Gasteiger charge is -2.39. The zero-order valence-corrected chi connectivity index (χ0v) is 28.9. The normalized spacial score (nSPS) is 13.1. The van der Waals surface area contributed by atoms with Gasteiger partial charge in [0, 0.05) is 45.0 Å². The average molecular weight is 692 g/mol. The van der Waals surface area contributed by atoms with E-state index in [0.717, 1.165) is 72.5 Å². The van der Waals surface area contributed by atoms with E-state index in [0.29, 0.717) is 23.3 Å². The Bertz CT molecular complexity index is 2820. The van der Waals surface area contributed by atoms with Crippen molar-refractivity contribution < 1.29 is 4.74 Å². The van der Waals surface area contributed by atoms with Crippen molar-refractivity contribution in [2.24, 2.45) is 0 Å². The maximum atomic E-state index is 6.62. The smallest absolute Gasteiger partial charge is 0.164 e. The Labute approximate surface area is 311 Å². The van der Waals surface area contributed by atoms with E-state index in [9.17, 15) is 0 Å². The fourth-order valence-electron chi connectivity index (χ4n) is 8.23. The molecule has 3 heterocycles. The third-order valence-electron chi connectivity index (χ3n) is 10.6. The summed E-state index contributed by atoms with van der Waals surface area (Å²) >= 11 is 0. The molecule has 0 unspecified atom stereocenters. The number of hydrogen-bond acceptors (Lipinski definition) is 6. The highest BCUT2D eigenvalue weighted by molar-refractivity contribution is 5.92. The molecule has 0 saturated carbocycles. The lowest BCUT2D eigenvalue weighted by molar-refractivity contribution is 0.436. The second-order valence-corrected chi connectivity index (χ2v) is 13.7. The first-order valence-electron chi connectivity index (χ1n) is 18.0. The molecule has 1 aliphatic heterocycles. The first kappa shape index (κ1) is 30.3. The van der Waals surface area contributed by atoms with Crippen LogP contribution < -0.4 is 4.74 Å². The molecule has 0 N–H and O–H groups in total. The second-order valence-electron chi connectivity index (χ2n) is 13.7. The van der Waals surface area contributed by atoms with Gasteiger partial charge < -0.3 is 4.74 Å². The van der Waals surface area contributed by atoms with Crippen LogP contribution in [0.3, 0.4) is 0 Å². The van der Waals surface area contributed by atoms with Crippen LogP contribution in [0.5, 0.6) is 11.5 Å². The summed E-state index contributed by atoms with van der Waals surface area (Å²) in [6.07, 6.45) is 1.90. The van der Waals surface area contributed by atoms with Crippen molar-refractivity contribution in [1.29, 1.82) is 0 Å². The van der Waals surface area contributed by atoms with Gasteiger partial charge in [-0.2, -0.15) is 0 Å². The monoisotopic (exact) mass is 691 g/mol. The summed E-state index contributed by atoms with van der Waals surface area (Å²) in [4.78, 5) is 24.9. The number of para-hydroxylation sites is 3. The highest BCUT2D eigenvalue weighted by atomic mass is 16.5. The van der Waals surface area contributed by atoms with Crippen molar-refractivity contribution in [3.8, 4) is 68.2 Å². The number of rotatable bonds is 4. The lowest BCUT2D eigenvalue weighted by Crippen LogP contribution is -2.32. The summed E-state index contributed by atoms with van der Waals surface area (Å²) in [6, 6.07) is 58.4. The molecular formula is C48H29N5O. The molecule has 6 heteroatoms. The van der Waals surface area contributed by atoms with Gasteiger partial charge in [0.2, 0.25) is 0 Å². The Morgan fingerprint density at radius 2 is 0.926 bits per heavy atom. The number of benzene rings is 7. The summed E-state index contributed by atoms with van der Waals surface area (Å²) in [7, 11) is 0. The van der Waals surface area contributed by atoms with Crippen molar-refractivity contribution in [2.45, 2.75) is 5.41 Å². The molecule has 1 spiro atoms. The van der Waals surface area contributed by atoms with Crippen LogP contribution in [0.1, 0.15) is 22.3 Å². The van der Waals surface area contributed by atoms with Gasteiger partial charge in [-0.1, -0.05) is 140 Å². The Kier molecular flexibility index (Phi) is 6.67. The molecule has 0 fully saturated rings. The molecule has 7 aromatic carbocycles. The van der Waals surface area contributed by atoms with Gasteiger partial charge in [-0.15, -0.1) is 0 Å². The summed E-state index contributed by atoms with van der Waals surface area (Å²) in [5, 5.41) is 1.01. The second kappa shape index (κ2) is 11.9. The number of hydrogen-bond donors (Lipinski definition) is 0. The van der Waals surface area contributed by atoms with E-state index in [1.807, 2.05) is 103 Å². The van der Waals surface area contributed by atoms with Crippen LogP contribution in [-0.2, 0) is 5.41 Å². The molecule has 54 heavy (non-hydrogen) atoms. The summed E-state index contributed by atoms with van der Waals surface area (Å²) in [5.74, 6) is 4.21. The van der Waals surface area contributed by atoms with E-state index >= 15 is 0 Å². The molecule has 0 radical (unpaired) electrons. The molecule has 9 aromatic rings. The molecular weight excluding hydrogens is 663 g/mol. The Hall–Kier alpha value is -7.31. The average Bonchev–Trinajstić information content (AvgIpc) is 3.53. The Morgan fingerprint density at radius 3 is 1.61 bits per heavy atom. The van der Waals surface area contributed by atoms with Crippen molar-refractivity contribution in [3.63, 3.8) is 0 Å². The molecule has 2 aromatic heterocycles. The van der Waals surface area contributed by atoms with Gasteiger partial charge in [-0.3, -0.25) is 0 Å². The van der Waals surface area contributed by atoms with Gasteiger partial charge in [0.15, 0.2) is 23.3 Å². The SMILES string of the molecule is c1ccc(-c2nc(-c3ccccc3)nc(-c3ccc4c(c3)C3(c5ccccc5Oc5ccccc53)c3ccc(-c5ncc6ccccc6n5)cc3-4)n2)cc1. The summed E-state index contributed by atoms with van der Waals surface area (Å²) in [5.41, 5.74) is 10.7. The standard InChI is InChI=1S/C48H29N5O/c1-3-13-30(14-4-1)45-51-46(31-15-5-2-6-16-31)53-47(52-45)33-23-25-35-36-27-32(44-49-29-34-17-7-10-20-41(34)50-44)24-26-37(36)48(40(35)28-33)38-18-8-11-21-42(38)54-43-22-12-9-19-39(43)48/h1-29H. The maximum absolute atomic E-state index is 6.62. The molecule has 2 aliphatic rings. The maximum Gasteiger partial charge on any atom is 0.164 e. The molecule has 0 atom stereocenters. The molecule has 252 valence electrons. The van der Waals surface area contributed by atoms with E-state index in [1.54, 1.807) is 0 Å². The topological polar surface area (TPSA) is 73.7 Å². The zero-order valence-electron chi connectivity index (χ0n) is 28.9. The van der Waals surface area contributed by atoms with E-state index in [-0.39, 0.29) is 0 Å². The molecule has 0 bridgehead atoms. The van der Waals surface area contributed by atoms with Crippen LogP contribution in [-0.4, -0.2) is 24.9 Å². The predicted octanol–water partition coefficient (Wildman–Crippen LogP) is 11.0. The summed E-state index contributed by atoms with van der Waals surface area (Å²) < 4.78 is 6.62. The van der Waals surface area contributed by atoms with Crippen LogP contribution in [0.25, 0.3) is 67.6 Å². The first-order chi connectivity index (χ1) is 26.7. The first-order valence-corrected chi connectivity index (χ1v) is 18.0. The largest absolute Gasteiger partial charge is 0.457 e. The Balaban J connectivity index is 1.18. The minimum Gasteiger partial charge on any atom is -0.457 e. The molecule has 11 rings (SSSR count). The summed E-state index contributed by atoms with van der Waals surface area (Å²) in [6.45, 7) is 0. The van der Waals surface area contributed by atoms with Gasteiger partial charge >= 0.3 is 0 Å². The van der Waals surface area contributed by atoms with Gasteiger partial charge in [0.1, 0.15) is 11.5 Å². The Morgan fingerprint density at radius 1 is 0.370 bits per heavy atom. The van der Waals surface area contributed by atoms with Crippen LogP contribution in [0.2, 0.25) is 0 Å². The number of nitrogens with zero attached hydrogens (tertiary/aromatic N) is 5. The minimum atomic E-state index is -0.674. The van der Waals surface area contributed by atoms with Crippen molar-refractivity contribution in [1.82, 2.24) is 24.9 Å². The number of aromatic nitrogens is 5. The van der Waals surface area contributed by atoms with Crippen LogP contribution >= 0.6 is 0 Å². The number of ether oxygens (including phenoxy) is 1. The highest BCUT2D eigenvalue weighted by Crippen LogP contribution is 2.62. The zero-order chi connectivity index (χ0) is 35.6. The van der Waals surface area contributed by atoms with E-state index < -0.39 is 5.41 Å². The van der Waals surface area contributed by atoms with Crippen molar-refractivity contribution in [2.75, 3.05) is 0 Å². The van der Waals surface area contributed by atoms with Gasteiger partial charge in [0.05, 0.1) is 10.9 Å². The van der Waals surface area contributed by atoms with Crippen LogP contribution in [0, 0.1) is 0 Å². The van der Waals surface area contributed by atoms with Crippen LogP contribution in [0.15, 0.2) is 176 Å². The van der Waals surface area contributed by atoms with Crippen molar-refractivity contribution >= 4 is 10.9 Å². The van der Waals surface area contributed by atoms with E-state index in [1.165, 1.54) is 5.56 Å². The molecule has 6 nitrogen and oxygen atoms in total. The van der Waals surface area contributed by atoms with Gasteiger partial charge in [0.25, 0.3) is 0 Å². The fourth-order valence-corrected chi connectivity index (χ4v) is 8.23. The fraction of sp³-hybridized carbons (Fsp3) is 0.0208. The third kappa shape index (κ3) is 4.57. The van der Waals surface area contributed by atoms with Crippen molar-refractivity contribution in [3.05, 3.63) is 198 Å². The van der Waals surface area contributed by atoms with Crippen LogP contribution in [0.4, 0.5) is 0 Å². The molecule has 0 amide bonds.